The first-order valence-electron chi connectivity index (χ1n) is 6.61. The van der Waals surface area contributed by atoms with Gasteiger partial charge in [0.15, 0.2) is 0 Å². The van der Waals surface area contributed by atoms with E-state index in [1.165, 1.54) is 0 Å². The summed E-state index contributed by atoms with van der Waals surface area (Å²) in [6.45, 7) is 1.59. The third-order valence-electron chi connectivity index (χ3n) is 3.60. The molecule has 2 aromatic rings. The fourth-order valence-corrected chi connectivity index (χ4v) is 2.58. The summed E-state index contributed by atoms with van der Waals surface area (Å²) < 4.78 is 0. The number of oxime groups is 1. The van der Waals surface area contributed by atoms with Gasteiger partial charge >= 0.3 is 0 Å². The van der Waals surface area contributed by atoms with Crippen LogP contribution in [0.4, 0.5) is 5.69 Å². The molecule has 20 heavy (non-hydrogen) atoms. The van der Waals surface area contributed by atoms with Gasteiger partial charge in [-0.25, -0.2) is 0 Å². The zero-order valence-corrected chi connectivity index (χ0v) is 11.0. The SMILES string of the molecule is O/N=C1/CCN(Cc2ccc(O)cc2)c2ccccc21. The molecule has 0 aliphatic carbocycles. The summed E-state index contributed by atoms with van der Waals surface area (Å²) in [6, 6.07) is 15.2. The van der Waals surface area contributed by atoms with Crippen LogP contribution in [0.25, 0.3) is 0 Å². The van der Waals surface area contributed by atoms with E-state index in [9.17, 15) is 5.11 Å². The van der Waals surface area contributed by atoms with Crippen LogP contribution in [0.3, 0.4) is 0 Å². The molecule has 0 atom stereocenters. The minimum absolute atomic E-state index is 0.280. The second-order valence-corrected chi connectivity index (χ2v) is 4.90. The van der Waals surface area contributed by atoms with Crippen LogP contribution in [0.2, 0.25) is 0 Å². The molecule has 2 aromatic carbocycles. The molecule has 0 saturated heterocycles. The van der Waals surface area contributed by atoms with Crippen LogP contribution in [0.1, 0.15) is 17.5 Å². The van der Waals surface area contributed by atoms with Crippen molar-refractivity contribution in [2.75, 3.05) is 11.4 Å². The number of phenols is 1. The molecular weight excluding hydrogens is 252 g/mol. The van der Waals surface area contributed by atoms with Gasteiger partial charge in [0, 0.05) is 30.8 Å². The molecule has 0 unspecified atom stereocenters. The Bertz CT molecular complexity index is 635. The maximum absolute atomic E-state index is 9.33. The number of anilines is 1. The normalized spacial score (nSPS) is 16.2. The molecule has 0 bridgehead atoms. The summed E-state index contributed by atoms with van der Waals surface area (Å²) in [5.41, 5.74) is 3.95. The van der Waals surface area contributed by atoms with Gasteiger partial charge in [0.1, 0.15) is 5.75 Å². The Morgan fingerprint density at radius 2 is 1.80 bits per heavy atom. The number of rotatable bonds is 2. The maximum atomic E-state index is 9.33. The Kier molecular flexibility index (Phi) is 3.29. The highest BCUT2D eigenvalue weighted by atomic mass is 16.4. The van der Waals surface area contributed by atoms with E-state index in [-0.39, 0.29) is 5.75 Å². The van der Waals surface area contributed by atoms with Crippen LogP contribution >= 0.6 is 0 Å². The standard InChI is InChI=1S/C16H16N2O2/c19-13-7-5-12(6-8-13)11-18-10-9-15(17-20)14-3-1-2-4-16(14)18/h1-8,19-20H,9-11H2/b17-15-. The Balaban J connectivity index is 1.90. The minimum Gasteiger partial charge on any atom is -0.508 e. The summed E-state index contributed by atoms with van der Waals surface area (Å²) in [4.78, 5) is 2.26. The lowest BCUT2D eigenvalue weighted by atomic mass is 9.99. The van der Waals surface area contributed by atoms with Crippen molar-refractivity contribution >= 4 is 11.4 Å². The molecule has 3 rings (SSSR count). The Labute approximate surface area is 117 Å². The van der Waals surface area contributed by atoms with Gasteiger partial charge in [-0.2, -0.15) is 0 Å². The third kappa shape index (κ3) is 2.32. The van der Waals surface area contributed by atoms with Gasteiger partial charge in [-0.05, 0) is 23.8 Å². The van der Waals surface area contributed by atoms with E-state index in [0.29, 0.717) is 0 Å². The predicted molar refractivity (Wildman–Crippen MR) is 78.5 cm³/mol. The molecule has 2 N–H and O–H groups in total. The van der Waals surface area contributed by atoms with Crippen LogP contribution in [0.15, 0.2) is 53.7 Å². The van der Waals surface area contributed by atoms with Crippen molar-refractivity contribution in [2.45, 2.75) is 13.0 Å². The Morgan fingerprint density at radius 3 is 2.55 bits per heavy atom. The molecule has 1 heterocycles. The van der Waals surface area contributed by atoms with Gasteiger partial charge in [0.25, 0.3) is 0 Å². The van der Waals surface area contributed by atoms with Crippen molar-refractivity contribution in [1.82, 2.24) is 0 Å². The molecule has 0 radical (unpaired) electrons. The van der Waals surface area contributed by atoms with E-state index in [4.69, 9.17) is 5.21 Å². The van der Waals surface area contributed by atoms with Crippen LogP contribution in [-0.2, 0) is 6.54 Å². The number of aromatic hydroxyl groups is 1. The van der Waals surface area contributed by atoms with Crippen LogP contribution in [0, 0.1) is 0 Å². The molecule has 102 valence electrons. The molecule has 4 heteroatoms. The summed E-state index contributed by atoms with van der Waals surface area (Å²) in [6.07, 6.45) is 0.728. The highest BCUT2D eigenvalue weighted by Gasteiger charge is 2.21. The zero-order valence-electron chi connectivity index (χ0n) is 11.0. The van der Waals surface area contributed by atoms with Crippen LogP contribution < -0.4 is 4.90 Å². The summed E-state index contributed by atoms with van der Waals surface area (Å²) in [7, 11) is 0. The van der Waals surface area contributed by atoms with Gasteiger partial charge in [0.2, 0.25) is 0 Å². The second-order valence-electron chi connectivity index (χ2n) is 4.90. The first-order valence-corrected chi connectivity index (χ1v) is 6.61. The fourth-order valence-electron chi connectivity index (χ4n) is 2.58. The number of benzene rings is 2. The monoisotopic (exact) mass is 268 g/mol. The first kappa shape index (κ1) is 12.5. The average Bonchev–Trinajstić information content (AvgIpc) is 2.50. The number of phenolic OH excluding ortho intramolecular Hbond substituents is 1. The van der Waals surface area contributed by atoms with E-state index in [0.717, 1.165) is 42.0 Å². The molecule has 0 saturated carbocycles. The zero-order chi connectivity index (χ0) is 13.9. The minimum atomic E-state index is 0.280. The van der Waals surface area contributed by atoms with E-state index in [2.05, 4.69) is 10.1 Å². The summed E-state index contributed by atoms with van der Waals surface area (Å²) >= 11 is 0. The molecule has 0 aromatic heterocycles. The summed E-state index contributed by atoms with van der Waals surface area (Å²) in [5, 5.41) is 21.8. The molecule has 0 fully saturated rings. The van der Waals surface area contributed by atoms with E-state index in [1.807, 2.05) is 36.4 Å². The van der Waals surface area contributed by atoms with Gasteiger partial charge in [-0.15, -0.1) is 0 Å². The van der Waals surface area contributed by atoms with Crippen molar-refractivity contribution in [3.05, 3.63) is 59.7 Å². The number of hydrogen-bond acceptors (Lipinski definition) is 4. The van der Waals surface area contributed by atoms with Crippen molar-refractivity contribution in [2.24, 2.45) is 5.16 Å². The van der Waals surface area contributed by atoms with Gasteiger partial charge in [-0.3, -0.25) is 0 Å². The van der Waals surface area contributed by atoms with E-state index < -0.39 is 0 Å². The quantitative estimate of drug-likeness (QED) is 0.650. The lowest BCUT2D eigenvalue weighted by Gasteiger charge is -2.31. The highest BCUT2D eigenvalue weighted by Crippen LogP contribution is 2.28. The van der Waals surface area contributed by atoms with Crippen molar-refractivity contribution in [3.63, 3.8) is 0 Å². The predicted octanol–water partition coefficient (Wildman–Crippen LogP) is 2.98. The average molecular weight is 268 g/mol. The molecule has 4 nitrogen and oxygen atoms in total. The smallest absolute Gasteiger partial charge is 0.115 e. The van der Waals surface area contributed by atoms with Crippen LogP contribution in [0.5, 0.6) is 5.75 Å². The van der Waals surface area contributed by atoms with Gasteiger partial charge in [-0.1, -0.05) is 35.5 Å². The van der Waals surface area contributed by atoms with Gasteiger partial charge in [0.05, 0.1) is 5.71 Å². The number of hydrogen-bond donors (Lipinski definition) is 2. The third-order valence-corrected chi connectivity index (χ3v) is 3.60. The van der Waals surface area contributed by atoms with Crippen molar-refractivity contribution in [1.29, 1.82) is 0 Å². The number of nitrogens with zero attached hydrogens (tertiary/aromatic N) is 2. The molecule has 1 aliphatic heterocycles. The molecule has 0 amide bonds. The fraction of sp³-hybridized carbons (Fsp3) is 0.188. The Morgan fingerprint density at radius 1 is 1.05 bits per heavy atom. The molecule has 1 aliphatic rings. The van der Waals surface area contributed by atoms with Crippen molar-refractivity contribution in [3.8, 4) is 5.75 Å². The first-order chi connectivity index (χ1) is 9.78. The van der Waals surface area contributed by atoms with Crippen molar-refractivity contribution < 1.29 is 10.3 Å². The largest absolute Gasteiger partial charge is 0.508 e. The second kappa shape index (κ2) is 5.25. The Hall–Kier alpha value is -2.49. The summed E-state index contributed by atoms with van der Waals surface area (Å²) in [5.74, 6) is 0.280. The topological polar surface area (TPSA) is 56.1 Å². The lowest BCUT2D eigenvalue weighted by molar-refractivity contribution is 0.317. The molecule has 0 spiro atoms. The number of para-hydroxylation sites is 1. The lowest BCUT2D eigenvalue weighted by Crippen LogP contribution is -2.31. The highest BCUT2D eigenvalue weighted by molar-refractivity contribution is 6.06. The molecular formula is C16H16N2O2. The number of fused-ring (bicyclic) bond motifs is 1. The van der Waals surface area contributed by atoms with Crippen LogP contribution in [-0.4, -0.2) is 22.6 Å². The maximum Gasteiger partial charge on any atom is 0.115 e. The van der Waals surface area contributed by atoms with E-state index in [1.54, 1.807) is 12.1 Å². The van der Waals surface area contributed by atoms with Gasteiger partial charge < -0.3 is 15.2 Å². The van der Waals surface area contributed by atoms with E-state index >= 15 is 0 Å².